The second-order valence-corrected chi connectivity index (χ2v) is 5.54. The summed E-state index contributed by atoms with van der Waals surface area (Å²) in [4.78, 5) is 21.4. The minimum atomic E-state index is -0.822. The molecule has 1 rings (SSSR count). The number of nitro benzene ring substituents is 1. The van der Waals surface area contributed by atoms with Gasteiger partial charge in [-0.05, 0) is 18.9 Å². The first-order valence-corrected chi connectivity index (χ1v) is 5.67. The molecule has 0 saturated carbocycles. The SMILES string of the molecule is COC(=O)[C@@](C)(Br)Cc1ccc([N+](=O)[O-])cc1. The van der Waals surface area contributed by atoms with Gasteiger partial charge in [-0.1, -0.05) is 28.1 Å². The molecular formula is C11H12BrNO4. The molecule has 0 aliphatic rings. The third-order valence-corrected chi connectivity index (χ3v) is 2.90. The summed E-state index contributed by atoms with van der Waals surface area (Å²) in [7, 11) is 1.32. The van der Waals surface area contributed by atoms with Gasteiger partial charge in [-0.2, -0.15) is 0 Å². The van der Waals surface area contributed by atoms with E-state index in [0.29, 0.717) is 6.42 Å². The topological polar surface area (TPSA) is 69.4 Å². The van der Waals surface area contributed by atoms with Crippen LogP contribution < -0.4 is 0 Å². The van der Waals surface area contributed by atoms with Crippen LogP contribution in [0.1, 0.15) is 12.5 Å². The van der Waals surface area contributed by atoms with E-state index in [4.69, 9.17) is 0 Å². The first kappa shape index (κ1) is 13.6. The monoisotopic (exact) mass is 301 g/mol. The highest BCUT2D eigenvalue weighted by molar-refractivity contribution is 9.10. The number of hydrogen-bond acceptors (Lipinski definition) is 4. The van der Waals surface area contributed by atoms with Crippen LogP contribution in [-0.4, -0.2) is 22.3 Å². The van der Waals surface area contributed by atoms with E-state index in [2.05, 4.69) is 20.7 Å². The molecule has 0 bridgehead atoms. The van der Waals surface area contributed by atoms with Crippen LogP contribution in [0.25, 0.3) is 0 Å². The zero-order valence-electron chi connectivity index (χ0n) is 9.47. The molecule has 0 N–H and O–H groups in total. The molecule has 1 aromatic rings. The average molecular weight is 302 g/mol. The Hall–Kier alpha value is -1.43. The van der Waals surface area contributed by atoms with Gasteiger partial charge < -0.3 is 4.74 Å². The number of carbonyl (C=O) groups is 1. The number of alkyl halides is 1. The number of nitro groups is 1. The largest absolute Gasteiger partial charge is 0.468 e. The molecule has 1 aromatic carbocycles. The summed E-state index contributed by atoms with van der Waals surface area (Å²) in [6.45, 7) is 1.69. The summed E-state index contributed by atoms with van der Waals surface area (Å²) >= 11 is 3.28. The van der Waals surface area contributed by atoms with Crippen molar-refractivity contribution in [3.05, 3.63) is 39.9 Å². The van der Waals surface area contributed by atoms with Gasteiger partial charge in [0.1, 0.15) is 4.32 Å². The number of carbonyl (C=O) groups excluding carboxylic acids is 1. The number of halogens is 1. The Balaban J connectivity index is 2.82. The van der Waals surface area contributed by atoms with E-state index in [1.54, 1.807) is 19.1 Å². The summed E-state index contributed by atoms with van der Waals surface area (Å²) in [5.74, 6) is -0.379. The van der Waals surface area contributed by atoms with Crippen LogP contribution in [0.5, 0.6) is 0 Å². The van der Waals surface area contributed by atoms with Crippen LogP contribution in [0.2, 0.25) is 0 Å². The molecule has 0 saturated heterocycles. The number of ether oxygens (including phenoxy) is 1. The Labute approximate surface area is 107 Å². The van der Waals surface area contributed by atoms with Crippen molar-refractivity contribution in [3.63, 3.8) is 0 Å². The van der Waals surface area contributed by atoms with E-state index in [9.17, 15) is 14.9 Å². The van der Waals surface area contributed by atoms with Gasteiger partial charge in [-0.25, -0.2) is 0 Å². The van der Waals surface area contributed by atoms with Gasteiger partial charge in [0.15, 0.2) is 0 Å². The summed E-state index contributed by atoms with van der Waals surface area (Å²) in [6.07, 6.45) is 0.400. The van der Waals surface area contributed by atoms with Crippen molar-refractivity contribution in [3.8, 4) is 0 Å². The van der Waals surface area contributed by atoms with Crippen LogP contribution >= 0.6 is 15.9 Å². The normalized spacial score (nSPS) is 13.8. The molecule has 0 spiro atoms. The fraction of sp³-hybridized carbons (Fsp3) is 0.364. The van der Waals surface area contributed by atoms with E-state index in [0.717, 1.165) is 5.56 Å². The van der Waals surface area contributed by atoms with Gasteiger partial charge in [0, 0.05) is 12.1 Å². The third-order valence-electron chi connectivity index (χ3n) is 2.29. The lowest BCUT2D eigenvalue weighted by Gasteiger charge is -2.19. The smallest absolute Gasteiger partial charge is 0.322 e. The van der Waals surface area contributed by atoms with Crippen molar-refractivity contribution in [2.24, 2.45) is 0 Å². The number of esters is 1. The Morgan fingerprint density at radius 3 is 2.41 bits per heavy atom. The molecule has 0 aromatic heterocycles. The van der Waals surface area contributed by atoms with Crippen molar-refractivity contribution in [2.75, 3.05) is 7.11 Å². The number of methoxy groups -OCH3 is 1. The Morgan fingerprint density at radius 1 is 1.47 bits per heavy atom. The number of rotatable bonds is 4. The molecule has 5 nitrogen and oxygen atoms in total. The van der Waals surface area contributed by atoms with Crippen LogP contribution in [-0.2, 0) is 16.0 Å². The molecule has 0 unspecified atom stereocenters. The molecule has 92 valence electrons. The molecule has 0 fully saturated rings. The van der Waals surface area contributed by atoms with E-state index in [-0.39, 0.29) is 11.7 Å². The van der Waals surface area contributed by atoms with E-state index >= 15 is 0 Å². The maximum atomic E-state index is 11.4. The fourth-order valence-electron chi connectivity index (χ4n) is 1.40. The van der Waals surface area contributed by atoms with Gasteiger partial charge in [-0.15, -0.1) is 0 Å². The lowest BCUT2D eigenvalue weighted by Crippen LogP contribution is -2.31. The number of hydrogen-bond donors (Lipinski definition) is 0. The van der Waals surface area contributed by atoms with Gasteiger partial charge >= 0.3 is 5.97 Å². The van der Waals surface area contributed by atoms with Crippen molar-refractivity contribution < 1.29 is 14.5 Å². The van der Waals surface area contributed by atoms with Gasteiger partial charge in [0.2, 0.25) is 0 Å². The van der Waals surface area contributed by atoms with Gasteiger partial charge in [-0.3, -0.25) is 14.9 Å². The molecule has 0 aliphatic heterocycles. The summed E-state index contributed by atoms with van der Waals surface area (Å²) in [6, 6.07) is 6.08. The summed E-state index contributed by atoms with van der Waals surface area (Å²) in [5.41, 5.74) is 0.850. The molecule has 1 atom stereocenters. The summed E-state index contributed by atoms with van der Waals surface area (Å²) < 4.78 is 3.83. The minimum absolute atomic E-state index is 0.0306. The standard InChI is InChI=1S/C11H12BrNO4/c1-11(12,10(14)17-2)7-8-3-5-9(6-4-8)13(15)16/h3-6H,7H2,1-2H3/t11-/m0/s1. The summed E-state index contributed by atoms with van der Waals surface area (Å²) in [5, 5.41) is 10.5. The van der Waals surface area contributed by atoms with Crippen LogP contribution in [0.4, 0.5) is 5.69 Å². The van der Waals surface area contributed by atoms with Crippen molar-refractivity contribution in [2.45, 2.75) is 17.7 Å². The Bertz CT molecular complexity index is 428. The van der Waals surface area contributed by atoms with Crippen molar-refractivity contribution >= 4 is 27.6 Å². The van der Waals surface area contributed by atoms with Gasteiger partial charge in [0.25, 0.3) is 5.69 Å². The predicted molar refractivity (Wildman–Crippen MR) is 66.1 cm³/mol. The molecule has 17 heavy (non-hydrogen) atoms. The number of benzene rings is 1. The van der Waals surface area contributed by atoms with Gasteiger partial charge in [0.05, 0.1) is 12.0 Å². The lowest BCUT2D eigenvalue weighted by molar-refractivity contribution is -0.384. The molecule has 0 aliphatic carbocycles. The number of non-ortho nitro benzene ring substituents is 1. The maximum absolute atomic E-state index is 11.4. The molecule has 6 heteroatoms. The highest BCUT2D eigenvalue weighted by atomic mass is 79.9. The molecular weight excluding hydrogens is 290 g/mol. The van der Waals surface area contributed by atoms with E-state index < -0.39 is 9.25 Å². The van der Waals surface area contributed by atoms with Crippen LogP contribution in [0, 0.1) is 10.1 Å². The molecule has 0 radical (unpaired) electrons. The Morgan fingerprint density at radius 2 is 2.00 bits per heavy atom. The van der Waals surface area contributed by atoms with Crippen LogP contribution in [0.3, 0.4) is 0 Å². The molecule has 0 amide bonds. The zero-order valence-corrected chi connectivity index (χ0v) is 11.1. The van der Waals surface area contributed by atoms with Crippen molar-refractivity contribution in [1.29, 1.82) is 0 Å². The quantitative estimate of drug-likeness (QED) is 0.371. The average Bonchev–Trinajstić information content (AvgIpc) is 2.28. The Kier molecular flexibility index (Phi) is 4.22. The van der Waals surface area contributed by atoms with E-state index in [1.807, 2.05) is 0 Å². The maximum Gasteiger partial charge on any atom is 0.322 e. The second-order valence-electron chi connectivity index (χ2n) is 3.79. The third kappa shape index (κ3) is 3.52. The van der Waals surface area contributed by atoms with E-state index in [1.165, 1.54) is 19.2 Å². The highest BCUT2D eigenvalue weighted by Crippen LogP contribution is 2.25. The highest BCUT2D eigenvalue weighted by Gasteiger charge is 2.31. The fourth-order valence-corrected chi connectivity index (χ4v) is 1.89. The lowest BCUT2D eigenvalue weighted by atomic mass is 10.0. The predicted octanol–water partition coefficient (Wildman–Crippen LogP) is 2.46. The van der Waals surface area contributed by atoms with Crippen molar-refractivity contribution in [1.82, 2.24) is 0 Å². The first-order chi connectivity index (χ1) is 7.86. The zero-order chi connectivity index (χ0) is 13.1. The second kappa shape index (κ2) is 5.27. The molecule has 0 heterocycles. The number of nitrogens with zero attached hydrogens (tertiary/aromatic N) is 1. The van der Waals surface area contributed by atoms with Crippen LogP contribution in [0.15, 0.2) is 24.3 Å². The first-order valence-electron chi connectivity index (χ1n) is 4.87. The minimum Gasteiger partial charge on any atom is -0.468 e.